The molecule has 0 bridgehead atoms. The van der Waals surface area contributed by atoms with E-state index in [-0.39, 0.29) is 5.78 Å². The molecular weight excluding hydrogens is 278 g/mol. The standard InChI is InChI=1S/C10H12BrNO2S/c1-7(13)8-6-9(11)15-10(8)12-2-4-14-5-3-12/h6H,2-5H2,1H3. The van der Waals surface area contributed by atoms with E-state index < -0.39 is 0 Å². The lowest BCUT2D eigenvalue weighted by atomic mass is 10.2. The van der Waals surface area contributed by atoms with Gasteiger partial charge >= 0.3 is 0 Å². The molecule has 1 saturated heterocycles. The molecule has 1 aromatic heterocycles. The van der Waals surface area contributed by atoms with Crippen molar-refractivity contribution in [2.45, 2.75) is 6.92 Å². The summed E-state index contributed by atoms with van der Waals surface area (Å²) in [7, 11) is 0. The highest BCUT2D eigenvalue weighted by Gasteiger charge is 2.19. The van der Waals surface area contributed by atoms with Crippen LogP contribution in [0.1, 0.15) is 17.3 Å². The number of nitrogens with zero attached hydrogens (tertiary/aromatic N) is 1. The van der Waals surface area contributed by atoms with Gasteiger partial charge in [0.2, 0.25) is 0 Å². The van der Waals surface area contributed by atoms with Crippen molar-refractivity contribution >= 4 is 38.1 Å². The lowest BCUT2D eigenvalue weighted by molar-refractivity contribution is 0.101. The Morgan fingerprint density at radius 3 is 2.80 bits per heavy atom. The van der Waals surface area contributed by atoms with Gasteiger partial charge in [-0.05, 0) is 28.9 Å². The predicted molar refractivity (Wildman–Crippen MR) is 65.1 cm³/mol. The SMILES string of the molecule is CC(=O)c1cc(Br)sc1N1CCOCC1. The number of hydrogen-bond donors (Lipinski definition) is 0. The molecule has 0 atom stereocenters. The molecule has 5 heteroatoms. The van der Waals surface area contributed by atoms with Gasteiger partial charge < -0.3 is 9.64 Å². The second-order valence-electron chi connectivity index (χ2n) is 3.42. The number of Topliss-reactive ketones (excluding diaryl/α,β-unsaturated/α-hetero) is 1. The number of ether oxygens (including phenoxy) is 1. The Morgan fingerprint density at radius 2 is 2.20 bits per heavy atom. The quantitative estimate of drug-likeness (QED) is 0.784. The molecule has 15 heavy (non-hydrogen) atoms. The summed E-state index contributed by atoms with van der Waals surface area (Å²) >= 11 is 5.04. The van der Waals surface area contributed by atoms with Gasteiger partial charge in [-0.25, -0.2) is 0 Å². The highest BCUT2D eigenvalue weighted by atomic mass is 79.9. The minimum absolute atomic E-state index is 0.124. The van der Waals surface area contributed by atoms with Gasteiger partial charge in [-0.1, -0.05) is 0 Å². The molecule has 2 heterocycles. The van der Waals surface area contributed by atoms with Crippen LogP contribution in [0.4, 0.5) is 5.00 Å². The summed E-state index contributed by atoms with van der Waals surface area (Å²) in [6.45, 7) is 4.83. The van der Waals surface area contributed by atoms with E-state index in [9.17, 15) is 4.79 Å². The van der Waals surface area contributed by atoms with Crippen LogP contribution in [0, 0.1) is 0 Å². The maximum atomic E-state index is 11.5. The van der Waals surface area contributed by atoms with E-state index in [1.54, 1.807) is 18.3 Å². The summed E-state index contributed by atoms with van der Waals surface area (Å²) in [5.74, 6) is 0.124. The molecule has 1 aromatic rings. The zero-order valence-corrected chi connectivity index (χ0v) is 10.9. The topological polar surface area (TPSA) is 29.5 Å². The first-order valence-electron chi connectivity index (χ1n) is 4.81. The van der Waals surface area contributed by atoms with Crippen LogP contribution in [0.5, 0.6) is 0 Å². The lowest BCUT2D eigenvalue weighted by Crippen LogP contribution is -2.36. The van der Waals surface area contributed by atoms with Gasteiger partial charge in [0.25, 0.3) is 0 Å². The molecule has 0 aliphatic carbocycles. The van der Waals surface area contributed by atoms with Gasteiger partial charge in [0.1, 0.15) is 5.00 Å². The Hall–Kier alpha value is -0.390. The maximum absolute atomic E-state index is 11.5. The second-order valence-corrected chi connectivity index (χ2v) is 5.83. The van der Waals surface area contributed by atoms with Gasteiger partial charge in [-0.3, -0.25) is 4.79 Å². The fourth-order valence-electron chi connectivity index (χ4n) is 1.61. The van der Waals surface area contributed by atoms with Gasteiger partial charge in [0.05, 0.1) is 22.6 Å². The molecule has 0 amide bonds. The van der Waals surface area contributed by atoms with E-state index in [4.69, 9.17) is 4.74 Å². The number of morpholine rings is 1. The van der Waals surface area contributed by atoms with Gasteiger partial charge in [0.15, 0.2) is 5.78 Å². The smallest absolute Gasteiger partial charge is 0.162 e. The second kappa shape index (κ2) is 4.63. The van der Waals surface area contributed by atoms with Crippen molar-refractivity contribution in [1.29, 1.82) is 0 Å². The molecule has 2 rings (SSSR count). The highest BCUT2D eigenvalue weighted by Crippen LogP contribution is 2.35. The molecule has 82 valence electrons. The molecule has 0 radical (unpaired) electrons. The van der Waals surface area contributed by atoms with Crippen molar-refractivity contribution in [3.63, 3.8) is 0 Å². The monoisotopic (exact) mass is 289 g/mol. The Kier molecular flexibility index (Phi) is 3.43. The number of ketones is 1. The molecule has 1 aliphatic heterocycles. The zero-order chi connectivity index (χ0) is 10.8. The van der Waals surface area contributed by atoms with Crippen LogP contribution in [-0.4, -0.2) is 32.1 Å². The summed E-state index contributed by atoms with van der Waals surface area (Å²) in [6.07, 6.45) is 0. The van der Waals surface area contributed by atoms with Crippen molar-refractivity contribution in [3.8, 4) is 0 Å². The van der Waals surface area contributed by atoms with Crippen LogP contribution >= 0.6 is 27.3 Å². The van der Waals surface area contributed by atoms with Gasteiger partial charge in [-0.2, -0.15) is 0 Å². The molecule has 0 unspecified atom stereocenters. The van der Waals surface area contributed by atoms with Crippen LogP contribution in [-0.2, 0) is 4.74 Å². The van der Waals surface area contributed by atoms with Crippen LogP contribution in [0.2, 0.25) is 0 Å². The van der Waals surface area contributed by atoms with E-state index in [0.29, 0.717) is 0 Å². The van der Waals surface area contributed by atoms with Crippen LogP contribution in [0.3, 0.4) is 0 Å². The van der Waals surface area contributed by atoms with E-state index in [1.165, 1.54) is 0 Å². The summed E-state index contributed by atoms with van der Waals surface area (Å²) < 4.78 is 6.30. The largest absolute Gasteiger partial charge is 0.378 e. The fraction of sp³-hybridized carbons (Fsp3) is 0.500. The Balaban J connectivity index is 2.28. The normalized spacial score (nSPS) is 16.8. The number of carbonyl (C=O) groups is 1. The van der Waals surface area contributed by atoms with Crippen molar-refractivity contribution < 1.29 is 9.53 Å². The molecule has 1 aliphatic rings. The van der Waals surface area contributed by atoms with Crippen LogP contribution in [0.25, 0.3) is 0 Å². The van der Waals surface area contributed by atoms with E-state index in [2.05, 4.69) is 20.8 Å². The van der Waals surface area contributed by atoms with Crippen LogP contribution in [0.15, 0.2) is 9.85 Å². The Bertz CT molecular complexity index is 371. The first-order valence-corrected chi connectivity index (χ1v) is 6.42. The lowest BCUT2D eigenvalue weighted by Gasteiger charge is -2.28. The molecule has 0 saturated carbocycles. The zero-order valence-electron chi connectivity index (χ0n) is 8.46. The average molecular weight is 290 g/mol. The third kappa shape index (κ3) is 2.41. The molecule has 0 aromatic carbocycles. The van der Waals surface area contributed by atoms with E-state index in [0.717, 1.165) is 40.7 Å². The van der Waals surface area contributed by atoms with Crippen molar-refractivity contribution in [1.82, 2.24) is 0 Å². The summed E-state index contributed by atoms with van der Waals surface area (Å²) in [6, 6.07) is 1.90. The van der Waals surface area contributed by atoms with Crippen molar-refractivity contribution in [2.24, 2.45) is 0 Å². The molecule has 3 nitrogen and oxygen atoms in total. The first kappa shape index (κ1) is 11.1. The number of carbonyl (C=O) groups excluding carboxylic acids is 1. The fourth-order valence-corrected chi connectivity index (χ4v) is 3.28. The van der Waals surface area contributed by atoms with E-state index >= 15 is 0 Å². The predicted octanol–water partition coefficient (Wildman–Crippen LogP) is 2.55. The number of halogens is 1. The molecule has 0 spiro atoms. The molecular formula is C10H12BrNO2S. The third-order valence-electron chi connectivity index (χ3n) is 2.36. The average Bonchev–Trinajstić information content (AvgIpc) is 2.62. The molecule has 1 fully saturated rings. The minimum atomic E-state index is 0.124. The summed E-state index contributed by atoms with van der Waals surface area (Å²) in [5, 5.41) is 1.07. The van der Waals surface area contributed by atoms with Crippen molar-refractivity contribution in [2.75, 3.05) is 31.2 Å². The Labute approximate surface area is 101 Å². The number of thiophene rings is 1. The van der Waals surface area contributed by atoms with Gasteiger partial charge in [0, 0.05) is 13.1 Å². The third-order valence-corrected chi connectivity index (χ3v) is 4.06. The summed E-state index contributed by atoms with van der Waals surface area (Å²) in [5.41, 5.74) is 0.814. The minimum Gasteiger partial charge on any atom is -0.378 e. The van der Waals surface area contributed by atoms with Crippen molar-refractivity contribution in [3.05, 3.63) is 15.4 Å². The van der Waals surface area contributed by atoms with Gasteiger partial charge in [-0.15, -0.1) is 11.3 Å². The van der Waals surface area contributed by atoms with Crippen LogP contribution < -0.4 is 4.90 Å². The summed E-state index contributed by atoms with van der Waals surface area (Å²) in [4.78, 5) is 13.7. The first-order chi connectivity index (χ1) is 7.18. The number of hydrogen-bond acceptors (Lipinski definition) is 4. The molecule has 0 N–H and O–H groups in total. The number of anilines is 1. The number of rotatable bonds is 2. The van der Waals surface area contributed by atoms with E-state index in [1.807, 2.05) is 6.07 Å². The maximum Gasteiger partial charge on any atom is 0.162 e. The highest BCUT2D eigenvalue weighted by molar-refractivity contribution is 9.11. The Morgan fingerprint density at radius 1 is 1.53 bits per heavy atom.